The van der Waals surface area contributed by atoms with E-state index in [0.717, 1.165) is 0 Å². The highest BCUT2D eigenvalue weighted by Gasteiger charge is 2.28. The Balaban J connectivity index is 2.64. The molecule has 0 aliphatic carbocycles. The summed E-state index contributed by atoms with van der Waals surface area (Å²) in [6.45, 7) is 0. The lowest BCUT2D eigenvalue weighted by molar-refractivity contribution is -0.144. The minimum absolute atomic E-state index is 0.122. The van der Waals surface area contributed by atoms with Gasteiger partial charge in [0.15, 0.2) is 0 Å². The smallest absolute Gasteiger partial charge is 0.389 e. The zero-order chi connectivity index (χ0) is 15.9. The molecule has 1 unspecified atom stereocenters. The van der Waals surface area contributed by atoms with Crippen molar-refractivity contribution in [3.63, 3.8) is 0 Å². The van der Waals surface area contributed by atoms with Crippen molar-refractivity contribution in [2.24, 2.45) is 0 Å². The van der Waals surface area contributed by atoms with E-state index in [2.05, 4.69) is 5.32 Å². The number of benzene rings is 1. The van der Waals surface area contributed by atoms with E-state index in [1.54, 1.807) is 30.3 Å². The second-order valence-electron chi connectivity index (χ2n) is 4.58. The quantitative estimate of drug-likeness (QED) is 0.813. The van der Waals surface area contributed by atoms with Crippen molar-refractivity contribution in [3.8, 4) is 0 Å². The zero-order valence-corrected chi connectivity index (χ0v) is 11.2. The molecule has 116 valence electrons. The van der Waals surface area contributed by atoms with Gasteiger partial charge in [-0.15, -0.1) is 0 Å². The molecule has 0 aliphatic rings. The molecule has 1 aromatic carbocycles. The Bertz CT molecular complexity index is 474. The Hall–Kier alpha value is -2.05. The van der Waals surface area contributed by atoms with Crippen LogP contribution in [0.4, 0.5) is 13.2 Å². The summed E-state index contributed by atoms with van der Waals surface area (Å²) in [5, 5.41) is 11.2. The third-order valence-corrected chi connectivity index (χ3v) is 2.82. The van der Waals surface area contributed by atoms with Crippen molar-refractivity contribution in [1.29, 1.82) is 0 Å². The SMILES string of the molecule is O=C(O)CCC(NC(=O)CCC(F)(F)F)c1ccccc1. The molecule has 4 nitrogen and oxygen atoms in total. The molecule has 1 aromatic rings. The molecule has 0 heterocycles. The van der Waals surface area contributed by atoms with E-state index >= 15 is 0 Å². The normalized spacial score (nSPS) is 12.7. The molecular formula is C14H16F3NO3. The fraction of sp³-hybridized carbons (Fsp3) is 0.429. The Labute approximate surface area is 120 Å². The van der Waals surface area contributed by atoms with E-state index in [-0.39, 0.29) is 12.8 Å². The standard InChI is InChI=1S/C14H16F3NO3/c15-14(16,17)9-8-12(19)18-11(6-7-13(20)21)10-4-2-1-3-5-10/h1-5,11H,6-9H2,(H,18,19)(H,20,21). The predicted octanol–water partition coefficient (Wildman–Crippen LogP) is 3.05. The van der Waals surface area contributed by atoms with Crippen molar-refractivity contribution >= 4 is 11.9 Å². The van der Waals surface area contributed by atoms with Crippen LogP contribution in [0.1, 0.15) is 37.3 Å². The van der Waals surface area contributed by atoms with Crippen LogP contribution in [0.2, 0.25) is 0 Å². The second-order valence-corrected chi connectivity index (χ2v) is 4.58. The fourth-order valence-corrected chi connectivity index (χ4v) is 1.80. The van der Waals surface area contributed by atoms with Crippen LogP contribution in [0.25, 0.3) is 0 Å². The Morgan fingerprint density at radius 1 is 1.14 bits per heavy atom. The molecule has 0 saturated heterocycles. The molecule has 0 fully saturated rings. The minimum Gasteiger partial charge on any atom is -0.481 e. The number of carbonyl (C=O) groups is 2. The number of amides is 1. The van der Waals surface area contributed by atoms with E-state index < -0.39 is 36.9 Å². The largest absolute Gasteiger partial charge is 0.481 e. The van der Waals surface area contributed by atoms with Gasteiger partial charge in [0.05, 0.1) is 12.5 Å². The molecule has 1 amide bonds. The van der Waals surface area contributed by atoms with Crippen molar-refractivity contribution in [2.75, 3.05) is 0 Å². The van der Waals surface area contributed by atoms with E-state index in [1.165, 1.54) is 0 Å². The Kier molecular flexibility index (Phi) is 6.20. The van der Waals surface area contributed by atoms with Crippen molar-refractivity contribution < 1.29 is 27.9 Å². The summed E-state index contributed by atoms with van der Waals surface area (Å²) in [6.07, 6.45) is -6.31. The number of carboxylic acids is 1. The molecule has 21 heavy (non-hydrogen) atoms. The number of carboxylic acid groups (broad SMARTS) is 1. The first-order valence-corrected chi connectivity index (χ1v) is 6.41. The van der Waals surface area contributed by atoms with Crippen molar-refractivity contribution in [1.82, 2.24) is 5.32 Å². The van der Waals surface area contributed by atoms with Crippen LogP contribution in [-0.4, -0.2) is 23.2 Å². The van der Waals surface area contributed by atoms with Gasteiger partial charge in [-0.05, 0) is 12.0 Å². The summed E-state index contributed by atoms with van der Waals surface area (Å²) in [6, 6.07) is 7.95. The summed E-state index contributed by atoms with van der Waals surface area (Å²) in [5.41, 5.74) is 0.666. The molecule has 1 atom stereocenters. The van der Waals surface area contributed by atoms with Gasteiger partial charge in [0.25, 0.3) is 0 Å². The van der Waals surface area contributed by atoms with Gasteiger partial charge in [-0.3, -0.25) is 9.59 Å². The molecule has 0 saturated carbocycles. The average molecular weight is 303 g/mol. The number of aliphatic carboxylic acids is 1. The molecule has 0 radical (unpaired) electrons. The second kappa shape index (κ2) is 7.66. The summed E-state index contributed by atoms with van der Waals surface area (Å²) in [5.74, 6) is -1.77. The number of halogens is 3. The maximum atomic E-state index is 12.1. The molecule has 1 rings (SSSR count). The van der Waals surface area contributed by atoms with Crippen molar-refractivity contribution in [3.05, 3.63) is 35.9 Å². The molecule has 0 aromatic heterocycles. The van der Waals surface area contributed by atoms with Gasteiger partial charge in [-0.25, -0.2) is 0 Å². The first-order chi connectivity index (χ1) is 9.78. The first-order valence-electron chi connectivity index (χ1n) is 6.41. The summed E-state index contributed by atoms with van der Waals surface area (Å²) < 4.78 is 36.2. The summed E-state index contributed by atoms with van der Waals surface area (Å²) in [4.78, 5) is 22.2. The highest BCUT2D eigenvalue weighted by molar-refractivity contribution is 5.76. The number of carbonyl (C=O) groups excluding carboxylic acids is 1. The lowest BCUT2D eigenvalue weighted by atomic mass is 10.0. The molecular weight excluding hydrogens is 287 g/mol. The van der Waals surface area contributed by atoms with Crippen molar-refractivity contribution in [2.45, 2.75) is 37.9 Å². The molecule has 0 bridgehead atoms. The monoisotopic (exact) mass is 303 g/mol. The van der Waals surface area contributed by atoms with Gasteiger partial charge in [0.2, 0.25) is 5.91 Å². The van der Waals surface area contributed by atoms with E-state index in [0.29, 0.717) is 5.56 Å². The van der Waals surface area contributed by atoms with Crippen LogP contribution < -0.4 is 5.32 Å². The lowest BCUT2D eigenvalue weighted by Crippen LogP contribution is -2.30. The molecule has 0 spiro atoms. The van der Waals surface area contributed by atoms with Crippen LogP contribution >= 0.6 is 0 Å². The van der Waals surface area contributed by atoms with Gasteiger partial charge < -0.3 is 10.4 Å². The minimum atomic E-state index is -4.39. The summed E-state index contributed by atoms with van der Waals surface area (Å²) in [7, 11) is 0. The maximum Gasteiger partial charge on any atom is 0.389 e. The number of hydrogen-bond acceptors (Lipinski definition) is 2. The van der Waals surface area contributed by atoms with Gasteiger partial charge in [0, 0.05) is 12.8 Å². The van der Waals surface area contributed by atoms with Gasteiger partial charge in [-0.2, -0.15) is 13.2 Å². The lowest BCUT2D eigenvalue weighted by Gasteiger charge is -2.19. The van der Waals surface area contributed by atoms with Crippen LogP contribution in [0.3, 0.4) is 0 Å². The van der Waals surface area contributed by atoms with Gasteiger partial charge >= 0.3 is 12.1 Å². The Morgan fingerprint density at radius 3 is 2.29 bits per heavy atom. The zero-order valence-electron chi connectivity index (χ0n) is 11.2. The van der Waals surface area contributed by atoms with Crippen LogP contribution in [-0.2, 0) is 9.59 Å². The third-order valence-electron chi connectivity index (χ3n) is 2.82. The number of nitrogens with one attached hydrogen (secondary N) is 1. The van der Waals surface area contributed by atoms with E-state index in [9.17, 15) is 22.8 Å². The van der Waals surface area contributed by atoms with Crippen LogP contribution in [0.5, 0.6) is 0 Å². The molecule has 0 aliphatic heterocycles. The van der Waals surface area contributed by atoms with Gasteiger partial charge in [-0.1, -0.05) is 30.3 Å². The highest BCUT2D eigenvalue weighted by atomic mass is 19.4. The average Bonchev–Trinajstić information content (AvgIpc) is 2.41. The number of rotatable bonds is 7. The predicted molar refractivity (Wildman–Crippen MR) is 69.5 cm³/mol. The molecule has 7 heteroatoms. The van der Waals surface area contributed by atoms with E-state index in [4.69, 9.17) is 5.11 Å². The summed E-state index contributed by atoms with van der Waals surface area (Å²) >= 11 is 0. The number of alkyl halides is 3. The molecule has 2 N–H and O–H groups in total. The third kappa shape index (κ3) is 7.34. The fourth-order valence-electron chi connectivity index (χ4n) is 1.80. The Morgan fingerprint density at radius 2 is 1.76 bits per heavy atom. The number of hydrogen-bond donors (Lipinski definition) is 2. The first kappa shape index (κ1) is 17.0. The van der Waals surface area contributed by atoms with E-state index in [1.807, 2.05) is 0 Å². The highest BCUT2D eigenvalue weighted by Crippen LogP contribution is 2.22. The van der Waals surface area contributed by atoms with Gasteiger partial charge in [0.1, 0.15) is 0 Å². The maximum absolute atomic E-state index is 12.1. The topological polar surface area (TPSA) is 66.4 Å². The van der Waals surface area contributed by atoms with Crippen LogP contribution in [0.15, 0.2) is 30.3 Å². The van der Waals surface area contributed by atoms with Crippen LogP contribution in [0, 0.1) is 0 Å².